The molecular weight excluding hydrogens is 242 g/mol. The average molecular weight is 257 g/mol. The van der Waals surface area contributed by atoms with Gasteiger partial charge in [-0.15, -0.1) is 0 Å². The van der Waals surface area contributed by atoms with Crippen molar-refractivity contribution in [1.29, 1.82) is 0 Å². The van der Waals surface area contributed by atoms with Crippen LogP contribution >= 0.6 is 0 Å². The van der Waals surface area contributed by atoms with Crippen LogP contribution < -0.4 is 15.2 Å². The summed E-state index contributed by atoms with van der Waals surface area (Å²) in [5.74, 6) is -0.186. The molecule has 0 spiro atoms. The topological polar surface area (TPSA) is 101 Å². The van der Waals surface area contributed by atoms with Crippen LogP contribution in [-0.2, 0) is 15.0 Å². The van der Waals surface area contributed by atoms with Crippen LogP contribution in [0.1, 0.15) is 25.5 Å². The van der Waals surface area contributed by atoms with Crippen molar-refractivity contribution in [2.45, 2.75) is 19.9 Å². The second-order valence-electron chi connectivity index (χ2n) is 3.69. The Balaban J connectivity index is 2.87. The zero-order chi connectivity index (χ0) is 13.1. The minimum atomic E-state index is -3.74. The Labute approximate surface area is 100 Å². The van der Waals surface area contributed by atoms with Gasteiger partial charge >= 0.3 is 0 Å². The minimum absolute atomic E-state index is 0.186. The number of carbonyl (C=O) groups excluding carboxylic acids is 1. The van der Waals surface area contributed by atoms with Crippen LogP contribution in [0.5, 0.6) is 0 Å². The summed E-state index contributed by atoms with van der Waals surface area (Å²) in [6.45, 7) is 3.07. The first kappa shape index (κ1) is 13.6. The summed E-state index contributed by atoms with van der Waals surface area (Å²) in [4.78, 5) is 10.9. The molecule has 0 aliphatic heterocycles. The molecule has 1 rings (SSSR count). The van der Waals surface area contributed by atoms with Gasteiger partial charge in [-0.05, 0) is 24.6 Å². The quantitative estimate of drug-likeness (QED) is 0.732. The summed E-state index contributed by atoms with van der Waals surface area (Å²) >= 11 is 0. The molecule has 0 saturated carbocycles. The third kappa shape index (κ3) is 4.94. The summed E-state index contributed by atoms with van der Waals surface area (Å²) in [6.07, 6.45) is 0. The van der Waals surface area contributed by atoms with Gasteiger partial charge in [0.2, 0.25) is 5.91 Å². The van der Waals surface area contributed by atoms with E-state index in [1.54, 1.807) is 31.2 Å². The van der Waals surface area contributed by atoms with Crippen LogP contribution in [-0.4, -0.2) is 14.3 Å². The zero-order valence-electron chi connectivity index (χ0n) is 9.60. The second kappa shape index (κ2) is 5.26. The van der Waals surface area contributed by atoms with Crippen LogP contribution in [0.3, 0.4) is 0 Å². The molecule has 0 saturated heterocycles. The van der Waals surface area contributed by atoms with E-state index in [-0.39, 0.29) is 5.91 Å². The van der Waals surface area contributed by atoms with Gasteiger partial charge < -0.3 is 5.32 Å². The van der Waals surface area contributed by atoms with Gasteiger partial charge in [-0.3, -0.25) is 4.79 Å². The largest absolute Gasteiger partial charge is 0.326 e. The highest BCUT2D eigenvalue weighted by molar-refractivity contribution is 7.87. The number of nitrogens with two attached hydrogens (primary N) is 1. The number of rotatable bonds is 4. The predicted molar refractivity (Wildman–Crippen MR) is 65.4 cm³/mol. The Hall–Kier alpha value is -1.44. The molecule has 0 heterocycles. The molecule has 0 fully saturated rings. The van der Waals surface area contributed by atoms with E-state index in [0.29, 0.717) is 11.3 Å². The maximum atomic E-state index is 10.9. The van der Waals surface area contributed by atoms with Crippen molar-refractivity contribution in [2.75, 3.05) is 5.32 Å². The van der Waals surface area contributed by atoms with Crippen LogP contribution in [0.15, 0.2) is 24.3 Å². The van der Waals surface area contributed by atoms with Crippen molar-refractivity contribution in [3.8, 4) is 0 Å². The van der Waals surface area contributed by atoms with Crippen molar-refractivity contribution in [1.82, 2.24) is 4.72 Å². The summed E-state index contributed by atoms with van der Waals surface area (Å²) < 4.78 is 24.0. The molecule has 0 bridgehead atoms. The van der Waals surface area contributed by atoms with E-state index in [0.717, 1.165) is 0 Å². The number of anilines is 1. The van der Waals surface area contributed by atoms with Crippen molar-refractivity contribution >= 4 is 21.8 Å². The van der Waals surface area contributed by atoms with E-state index in [4.69, 9.17) is 5.14 Å². The van der Waals surface area contributed by atoms with Gasteiger partial charge in [0.25, 0.3) is 10.2 Å². The molecule has 1 aromatic rings. The number of nitrogens with one attached hydrogen (secondary N) is 2. The third-order valence-corrected chi connectivity index (χ3v) is 2.73. The fourth-order valence-electron chi connectivity index (χ4n) is 1.40. The number of benzene rings is 1. The minimum Gasteiger partial charge on any atom is -0.326 e. The van der Waals surface area contributed by atoms with Gasteiger partial charge in [0.15, 0.2) is 0 Å². The van der Waals surface area contributed by atoms with E-state index in [2.05, 4.69) is 10.0 Å². The van der Waals surface area contributed by atoms with Crippen molar-refractivity contribution in [3.05, 3.63) is 29.8 Å². The molecule has 0 aliphatic rings. The van der Waals surface area contributed by atoms with Crippen LogP contribution in [0, 0.1) is 0 Å². The highest BCUT2D eigenvalue weighted by Crippen LogP contribution is 2.17. The molecule has 1 unspecified atom stereocenters. The van der Waals surface area contributed by atoms with Gasteiger partial charge in [-0.25, -0.2) is 5.14 Å². The Morgan fingerprint density at radius 2 is 2.06 bits per heavy atom. The standard InChI is InChI=1S/C10H15N3O3S/c1-7(13-17(11,15)16)9-4-3-5-10(6-9)12-8(2)14/h3-7,13H,1-2H3,(H,12,14)(H2,11,15,16). The number of hydrogen-bond donors (Lipinski definition) is 3. The maximum Gasteiger partial charge on any atom is 0.274 e. The predicted octanol–water partition coefficient (Wildman–Crippen LogP) is 0.499. The summed E-state index contributed by atoms with van der Waals surface area (Å²) in [7, 11) is -3.74. The monoisotopic (exact) mass is 257 g/mol. The van der Waals surface area contributed by atoms with Crippen LogP contribution in [0.25, 0.3) is 0 Å². The number of carbonyl (C=O) groups is 1. The lowest BCUT2D eigenvalue weighted by atomic mass is 10.1. The van der Waals surface area contributed by atoms with Gasteiger partial charge in [-0.1, -0.05) is 12.1 Å². The van der Waals surface area contributed by atoms with E-state index in [1.807, 2.05) is 0 Å². The van der Waals surface area contributed by atoms with Crippen molar-refractivity contribution in [3.63, 3.8) is 0 Å². The Kier molecular flexibility index (Phi) is 4.22. The first-order chi connectivity index (χ1) is 7.78. The smallest absolute Gasteiger partial charge is 0.274 e. The fourth-order valence-corrected chi connectivity index (χ4v) is 2.03. The SMILES string of the molecule is CC(=O)Nc1cccc(C(C)NS(N)(=O)=O)c1. The van der Waals surface area contributed by atoms with E-state index < -0.39 is 16.3 Å². The third-order valence-electron chi connectivity index (χ3n) is 2.05. The Morgan fingerprint density at radius 3 is 2.59 bits per heavy atom. The van der Waals surface area contributed by atoms with Crippen LogP contribution in [0.2, 0.25) is 0 Å². The van der Waals surface area contributed by atoms with Gasteiger partial charge in [0.1, 0.15) is 0 Å². The molecule has 1 atom stereocenters. The van der Waals surface area contributed by atoms with Gasteiger partial charge in [0, 0.05) is 18.7 Å². The fraction of sp³-hybridized carbons (Fsp3) is 0.300. The molecular formula is C10H15N3O3S. The van der Waals surface area contributed by atoms with E-state index in [1.165, 1.54) is 6.92 Å². The highest BCUT2D eigenvalue weighted by Gasteiger charge is 2.11. The molecule has 17 heavy (non-hydrogen) atoms. The van der Waals surface area contributed by atoms with Gasteiger partial charge in [-0.2, -0.15) is 13.1 Å². The van der Waals surface area contributed by atoms with E-state index in [9.17, 15) is 13.2 Å². The summed E-state index contributed by atoms with van der Waals surface area (Å²) in [5.41, 5.74) is 1.32. The maximum absolute atomic E-state index is 10.9. The number of amides is 1. The summed E-state index contributed by atoms with van der Waals surface area (Å²) in [6, 6.07) is 6.41. The van der Waals surface area contributed by atoms with Crippen molar-refractivity contribution in [2.24, 2.45) is 5.14 Å². The molecule has 0 radical (unpaired) electrons. The molecule has 94 valence electrons. The molecule has 1 amide bonds. The first-order valence-electron chi connectivity index (χ1n) is 4.95. The molecule has 1 aromatic carbocycles. The Bertz CT molecular complexity index is 513. The van der Waals surface area contributed by atoms with Gasteiger partial charge in [0.05, 0.1) is 0 Å². The lowest BCUT2D eigenvalue weighted by Crippen LogP contribution is -2.32. The Morgan fingerprint density at radius 1 is 1.41 bits per heavy atom. The van der Waals surface area contributed by atoms with Crippen molar-refractivity contribution < 1.29 is 13.2 Å². The molecule has 4 N–H and O–H groups in total. The molecule has 6 nitrogen and oxygen atoms in total. The highest BCUT2D eigenvalue weighted by atomic mass is 32.2. The lowest BCUT2D eigenvalue weighted by Gasteiger charge is -2.13. The lowest BCUT2D eigenvalue weighted by molar-refractivity contribution is -0.114. The normalized spacial score (nSPS) is 13.1. The van der Waals surface area contributed by atoms with E-state index >= 15 is 0 Å². The molecule has 7 heteroatoms. The second-order valence-corrected chi connectivity index (χ2v) is 5.02. The average Bonchev–Trinajstić information content (AvgIpc) is 2.14. The molecule has 0 aliphatic carbocycles. The zero-order valence-corrected chi connectivity index (χ0v) is 10.4. The first-order valence-corrected chi connectivity index (χ1v) is 6.50. The summed E-state index contributed by atoms with van der Waals surface area (Å²) in [5, 5.41) is 7.50. The molecule has 0 aromatic heterocycles. The van der Waals surface area contributed by atoms with Crippen LogP contribution in [0.4, 0.5) is 5.69 Å². The number of hydrogen-bond acceptors (Lipinski definition) is 3.